The Morgan fingerprint density at radius 3 is 2.40 bits per heavy atom. The minimum absolute atomic E-state index is 0.0207. The van der Waals surface area contributed by atoms with Gasteiger partial charge < -0.3 is 4.74 Å². The van der Waals surface area contributed by atoms with E-state index in [4.69, 9.17) is 11.6 Å². The first-order chi connectivity index (χ1) is 9.34. The lowest BCUT2D eigenvalue weighted by molar-refractivity contribution is -0.141. The monoisotopic (exact) mass is 316 g/mol. The number of methoxy groups -OCH3 is 1. The fourth-order valence-electron chi connectivity index (χ4n) is 2.28. The molecule has 0 unspecified atom stereocenters. The highest BCUT2D eigenvalue weighted by atomic mass is 35.5. The Morgan fingerprint density at radius 2 is 1.90 bits per heavy atom. The predicted octanol–water partition coefficient (Wildman–Crippen LogP) is 2.60. The first kappa shape index (κ1) is 15.3. The van der Waals surface area contributed by atoms with Gasteiger partial charge in [-0.2, -0.15) is 0 Å². The van der Waals surface area contributed by atoms with E-state index in [9.17, 15) is 13.2 Å². The van der Waals surface area contributed by atoms with E-state index in [1.54, 1.807) is 24.3 Å². The van der Waals surface area contributed by atoms with Crippen LogP contribution in [0.15, 0.2) is 24.3 Å². The molecule has 0 aromatic heterocycles. The molecular weight excluding hydrogens is 300 g/mol. The van der Waals surface area contributed by atoms with Crippen LogP contribution in [0.5, 0.6) is 0 Å². The Labute approximate surface area is 124 Å². The minimum Gasteiger partial charge on any atom is -0.469 e. The lowest BCUT2D eigenvalue weighted by Crippen LogP contribution is -2.22. The molecule has 1 aliphatic carbocycles. The molecule has 0 radical (unpaired) electrons. The van der Waals surface area contributed by atoms with Crippen molar-refractivity contribution >= 4 is 27.4 Å². The number of carbonyl (C=O) groups is 1. The van der Waals surface area contributed by atoms with E-state index in [0.717, 1.165) is 12.8 Å². The van der Waals surface area contributed by atoms with Gasteiger partial charge >= 0.3 is 5.97 Å². The quantitative estimate of drug-likeness (QED) is 0.757. The van der Waals surface area contributed by atoms with Crippen molar-refractivity contribution in [3.05, 3.63) is 34.9 Å². The summed E-state index contributed by atoms with van der Waals surface area (Å²) in [5.41, 5.74) is 0.307. The summed E-state index contributed by atoms with van der Waals surface area (Å²) < 4.78 is 29.1. The molecule has 0 aliphatic heterocycles. The van der Waals surface area contributed by atoms with Gasteiger partial charge in [0.05, 0.1) is 25.0 Å². The number of benzene rings is 1. The van der Waals surface area contributed by atoms with Gasteiger partial charge in [-0.25, -0.2) is 8.42 Å². The molecule has 0 heterocycles. The van der Waals surface area contributed by atoms with Gasteiger partial charge in [-0.05, 0) is 36.0 Å². The van der Waals surface area contributed by atoms with Gasteiger partial charge in [0.1, 0.15) is 0 Å². The molecular formula is C14H17ClO4S. The molecule has 0 atom stereocenters. The molecule has 0 spiro atoms. The highest BCUT2D eigenvalue weighted by molar-refractivity contribution is 7.90. The number of rotatable bonds is 6. The molecule has 1 saturated carbocycles. The van der Waals surface area contributed by atoms with E-state index < -0.39 is 15.3 Å². The largest absolute Gasteiger partial charge is 0.469 e. The smallest absolute Gasteiger partial charge is 0.306 e. The molecule has 20 heavy (non-hydrogen) atoms. The van der Waals surface area contributed by atoms with Crippen molar-refractivity contribution in [2.45, 2.75) is 25.0 Å². The summed E-state index contributed by atoms with van der Waals surface area (Å²) >= 11 is 5.77. The number of sulfone groups is 1. The summed E-state index contributed by atoms with van der Waals surface area (Å²) in [6.07, 6.45) is 1.72. The van der Waals surface area contributed by atoms with E-state index in [1.807, 2.05) is 0 Å². The Bertz CT molecular complexity index is 588. The average molecular weight is 317 g/mol. The Morgan fingerprint density at radius 1 is 1.30 bits per heavy atom. The van der Waals surface area contributed by atoms with Crippen LogP contribution in [-0.2, 0) is 25.1 Å². The normalized spacial score (nSPS) is 16.7. The third kappa shape index (κ3) is 4.21. The van der Waals surface area contributed by atoms with Crippen molar-refractivity contribution < 1.29 is 17.9 Å². The maximum absolute atomic E-state index is 12.2. The molecule has 6 heteroatoms. The second-order valence-electron chi connectivity index (χ2n) is 5.41. The zero-order valence-electron chi connectivity index (χ0n) is 11.3. The molecule has 0 saturated heterocycles. The lowest BCUT2D eigenvalue weighted by atomic mass is 10.1. The van der Waals surface area contributed by atoms with E-state index in [-0.39, 0.29) is 23.9 Å². The van der Waals surface area contributed by atoms with Crippen molar-refractivity contribution in [2.24, 2.45) is 5.41 Å². The van der Waals surface area contributed by atoms with Gasteiger partial charge in [0, 0.05) is 5.02 Å². The summed E-state index contributed by atoms with van der Waals surface area (Å²) in [6.45, 7) is 0. The summed E-state index contributed by atoms with van der Waals surface area (Å²) in [4.78, 5) is 11.3. The van der Waals surface area contributed by atoms with Crippen molar-refractivity contribution in [1.29, 1.82) is 0 Å². The molecule has 110 valence electrons. The zero-order chi connectivity index (χ0) is 14.8. The minimum atomic E-state index is -3.25. The van der Waals surface area contributed by atoms with Crippen LogP contribution in [0.3, 0.4) is 0 Å². The molecule has 4 nitrogen and oxygen atoms in total. The molecule has 2 rings (SSSR count). The van der Waals surface area contributed by atoms with Crippen molar-refractivity contribution in [2.75, 3.05) is 12.9 Å². The maximum atomic E-state index is 12.2. The summed E-state index contributed by atoms with van der Waals surface area (Å²) in [5.74, 6) is -0.325. The highest BCUT2D eigenvalue weighted by Crippen LogP contribution is 2.50. The van der Waals surface area contributed by atoms with E-state index >= 15 is 0 Å². The average Bonchev–Trinajstić information content (AvgIpc) is 3.10. The van der Waals surface area contributed by atoms with Crippen LogP contribution < -0.4 is 0 Å². The van der Waals surface area contributed by atoms with Crippen LogP contribution in [0.4, 0.5) is 0 Å². The molecule has 0 bridgehead atoms. The van der Waals surface area contributed by atoms with Gasteiger partial charge in [-0.1, -0.05) is 23.7 Å². The lowest BCUT2D eigenvalue weighted by Gasteiger charge is -2.14. The van der Waals surface area contributed by atoms with Crippen LogP contribution in [0, 0.1) is 5.41 Å². The summed E-state index contributed by atoms with van der Waals surface area (Å²) in [7, 11) is -1.93. The van der Waals surface area contributed by atoms with Crippen LogP contribution in [0.1, 0.15) is 24.8 Å². The van der Waals surface area contributed by atoms with Gasteiger partial charge in [-0.3, -0.25) is 4.79 Å². The Balaban J connectivity index is 2.01. The van der Waals surface area contributed by atoms with Gasteiger partial charge in [-0.15, -0.1) is 0 Å². The van der Waals surface area contributed by atoms with Crippen LogP contribution in [0.25, 0.3) is 0 Å². The summed E-state index contributed by atoms with van der Waals surface area (Å²) in [6, 6.07) is 6.76. The van der Waals surface area contributed by atoms with Crippen molar-refractivity contribution in [1.82, 2.24) is 0 Å². The van der Waals surface area contributed by atoms with Gasteiger partial charge in [0.15, 0.2) is 9.84 Å². The standard InChI is InChI=1S/C14H17ClO4S/c1-19-13(16)8-14(6-7-14)10-20(17,18)9-11-2-4-12(15)5-3-11/h2-5H,6-10H2,1H3. The predicted molar refractivity (Wildman–Crippen MR) is 77.2 cm³/mol. The molecule has 0 N–H and O–H groups in total. The number of halogens is 1. The zero-order valence-corrected chi connectivity index (χ0v) is 12.8. The van der Waals surface area contributed by atoms with Crippen LogP contribution in [-0.4, -0.2) is 27.2 Å². The van der Waals surface area contributed by atoms with Crippen LogP contribution in [0.2, 0.25) is 5.02 Å². The second-order valence-corrected chi connectivity index (χ2v) is 7.91. The van der Waals surface area contributed by atoms with E-state index in [1.165, 1.54) is 7.11 Å². The van der Waals surface area contributed by atoms with Crippen LogP contribution >= 0.6 is 11.6 Å². The number of hydrogen-bond donors (Lipinski definition) is 0. The number of ether oxygens (including phenoxy) is 1. The molecule has 1 aliphatic rings. The molecule has 1 fully saturated rings. The second kappa shape index (κ2) is 5.74. The first-order valence-corrected chi connectivity index (χ1v) is 8.56. The summed E-state index contributed by atoms with van der Waals surface area (Å²) in [5, 5.41) is 0.579. The van der Waals surface area contributed by atoms with E-state index in [0.29, 0.717) is 10.6 Å². The van der Waals surface area contributed by atoms with Crippen molar-refractivity contribution in [3.8, 4) is 0 Å². The number of carbonyl (C=O) groups excluding carboxylic acids is 1. The third-order valence-corrected chi connectivity index (χ3v) is 5.61. The highest BCUT2D eigenvalue weighted by Gasteiger charge is 2.47. The van der Waals surface area contributed by atoms with Gasteiger partial charge in [0.2, 0.25) is 0 Å². The van der Waals surface area contributed by atoms with Gasteiger partial charge in [0.25, 0.3) is 0 Å². The third-order valence-electron chi connectivity index (χ3n) is 3.53. The van der Waals surface area contributed by atoms with E-state index in [2.05, 4.69) is 4.74 Å². The fraction of sp³-hybridized carbons (Fsp3) is 0.500. The number of hydrogen-bond acceptors (Lipinski definition) is 4. The van der Waals surface area contributed by atoms with Crippen molar-refractivity contribution in [3.63, 3.8) is 0 Å². The fourth-order valence-corrected chi connectivity index (χ4v) is 4.53. The Hall–Kier alpha value is -1.07. The molecule has 1 aromatic rings. The topological polar surface area (TPSA) is 60.4 Å². The Kier molecular flexibility index (Phi) is 4.39. The maximum Gasteiger partial charge on any atom is 0.306 e. The number of esters is 1. The molecule has 1 aromatic carbocycles. The first-order valence-electron chi connectivity index (χ1n) is 6.36. The SMILES string of the molecule is COC(=O)CC1(CS(=O)(=O)Cc2ccc(Cl)cc2)CC1. The molecule has 0 amide bonds.